The number of carboxylic acid groups (broad SMARTS) is 1. The molecular weight excluding hydrogens is 214 g/mol. The molecule has 0 atom stereocenters. The van der Waals surface area contributed by atoms with E-state index in [0.717, 1.165) is 0 Å². The van der Waals surface area contributed by atoms with Crippen molar-refractivity contribution in [1.29, 1.82) is 0 Å². The van der Waals surface area contributed by atoms with E-state index in [2.05, 4.69) is 21.1 Å². The first kappa shape index (κ1) is 8.26. The number of nitrogens with zero attached hydrogens (tertiary/aromatic N) is 1. The molecule has 0 aromatic carbocycles. The van der Waals surface area contributed by atoms with E-state index in [1.807, 2.05) is 0 Å². The van der Waals surface area contributed by atoms with Gasteiger partial charge in [-0.1, -0.05) is 5.16 Å². The van der Waals surface area contributed by atoms with Gasteiger partial charge in [-0.2, -0.15) is 0 Å². The van der Waals surface area contributed by atoms with Crippen molar-refractivity contribution in [2.75, 3.05) is 0 Å². The first-order valence-corrected chi connectivity index (χ1v) is 3.80. The van der Waals surface area contributed by atoms with Crippen LogP contribution in [-0.4, -0.2) is 16.2 Å². The summed E-state index contributed by atoms with van der Waals surface area (Å²) in [6.45, 7) is 0. The van der Waals surface area contributed by atoms with Crippen molar-refractivity contribution in [3.05, 3.63) is 16.4 Å². The molecule has 11 heavy (non-hydrogen) atoms. The smallest absolute Gasteiger partial charge is 0.303 e. The van der Waals surface area contributed by atoms with Crippen LogP contribution in [-0.2, 0) is 11.2 Å². The van der Waals surface area contributed by atoms with Crippen LogP contribution in [0, 0.1) is 0 Å². The third-order valence-corrected chi connectivity index (χ3v) is 1.49. The topological polar surface area (TPSA) is 63.3 Å². The zero-order valence-electron chi connectivity index (χ0n) is 5.58. The molecule has 0 spiro atoms. The Hall–Kier alpha value is -0.840. The predicted octanol–water partition coefficient (Wildman–Crippen LogP) is 1.45. The highest BCUT2D eigenvalue weighted by Crippen LogP contribution is 2.10. The monoisotopic (exact) mass is 219 g/mol. The fourth-order valence-corrected chi connectivity index (χ4v) is 0.963. The number of carbonyl (C=O) groups is 1. The summed E-state index contributed by atoms with van der Waals surface area (Å²) < 4.78 is 5.35. The lowest BCUT2D eigenvalue weighted by Gasteiger charge is -1.87. The van der Waals surface area contributed by atoms with Crippen LogP contribution in [0.4, 0.5) is 0 Å². The molecule has 0 saturated heterocycles. The van der Waals surface area contributed by atoms with Gasteiger partial charge in [-0.15, -0.1) is 0 Å². The second-order valence-electron chi connectivity index (χ2n) is 2.01. The van der Waals surface area contributed by atoms with E-state index in [-0.39, 0.29) is 6.42 Å². The predicted molar refractivity (Wildman–Crippen MR) is 40.2 cm³/mol. The van der Waals surface area contributed by atoms with E-state index in [9.17, 15) is 4.79 Å². The highest BCUT2D eigenvalue weighted by Gasteiger charge is 2.03. The molecule has 0 unspecified atom stereocenters. The van der Waals surface area contributed by atoms with Gasteiger partial charge in [0, 0.05) is 12.5 Å². The quantitative estimate of drug-likeness (QED) is 0.837. The minimum Gasteiger partial charge on any atom is -0.481 e. The largest absolute Gasteiger partial charge is 0.481 e. The molecule has 1 aromatic rings. The van der Waals surface area contributed by atoms with Gasteiger partial charge in [0.1, 0.15) is 10.4 Å². The summed E-state index contributed by atoms with van der Waals surface area (Å²) in [6, 6.07) is 1.66. The van der Waals surface area contributed by atoms with Gasteiger partial charge in [-0.05, 0) is 15.9 Å². The second-order valence-corrected chi connectivity index (χ2v) is 2.82. The molecule has 0 bridgehead atoms. The normalized spacial score (nSPS) is 9.91. The number of hydrogen-bond donors (Lipinski definition) is 1. The minimum atomic E-state index is -0.836. The van der Waals surface area contributed by atoms with E-state index < -0.39 is 5.97 Å². The number of hydrogen-bond acceptors (Lipinski definition) is 3. The Morgan fingerprint density at radius 3 is 3.00 bits per heavy atom. The molecule has 0 amide bonds. The van der Waals surface area contributed by atoms with E-state index >= 15 is 0 Å². The van der Waals surface area contributed by atoms with Crippen LogP contribution in [0.3, 0.4) is 0 Å². The maximum Gasteiger partial charge on any atom is 0.303 e. The molecule has 0 aliphatic rings. The lowest BCUT2D eigenvalue weighted by molar-refractivity contribution is -0.137. The first-order chi connectivity index (χ1) is 5.18. The number of rotatable bonds is 3. The van der Waals surface area contributed by atoms with Gasteiger partial charge in [0.05, 0.1) is 6.42 Å². The highest BCUT2D eigenvalue weighted by molar-refractivity contribution is 9.10. The van der Waals surface area contributed by atoms with Crippen molar-refractivity contribution >= 4 is 21.9 Å². The number of aromatic nitrogens is 1. The number of carboxylic acids is 1. The van der Waals surface area contributed by atoms with Crippen molar-refractivity contribution in [1.82, 2.24) is 5.16 Å². The van der Waals surface area contributed by atoms with Gasteiger partial charge in [-0.25, -0.2) is 0 Å². The van der Waals surface area contributed by atoms with Gasteiger partial charge in [0.15, 0.2) is 0 Å². The maximum absolute atomic E-state index is 10.1. The lowest BCUT2D eigenvalue weighted by Crippen LogP contribution is -1.96. The van der Waals surface area contributed by atoms with E-state index in [1.54, 1.807) is 6.07 Å². The average molecular weight is 220 g/mol. The summed E-state index contributed by atoms with van der Waals surface area (Å²) in [5.74, 6) is -0.253. The van der Waals surface area contributed by atoms with E-state index in [4.69, 9.17) is 9.63 Å². The molecule has 0 aliphatic heterocycles. The molecular formula is C6H6BrNO3. The second kappa shape index (κ2) is 3.52. The van der Waals surface area contributed by atoms with Crippen LogP contribution < -0.4 is 0 Å². The lowest BCUT2D eigenvalue weighted by atomic mass is 10.2. The Balaban J connectivity index is 2.45. The van der Waals surface area contributed by atoms with E-state index in [1.165, 1.54) is 0 Å². The summed E-state index contributed by atoms with van der Waals surface area (Å²) in [4.78, 5) is 10.1. The van der Waals surface area contributed by atoms with Crippen molar-refractivity contribution in [2.24, 2.45) is 0 Å². The van der Waals surface area contributed by atoms with E-state index in [0.29, 0.717) is 16.8 Å². The number of aryl methyl sites for hydroxylation is 1. The van der Waals surface area contributed by atoms with Crippen molar-refractivity contribution in [3.8, 4) is 0 Å². The van der Waals surface area contributed by atoms with Gasteiger partial charge in [0.25, 0.3) is 0 Å². The first-order valence-electron chi connectivity index (χ1n) is 3.01. The van der Waals surface area contributed by atoms with Crippen LogP contribution in [0.1, 0.15) is 12.2 Å². The zero-order valence-corrected chi connectivity index (χ0v) is 7.17. The van der Waals surface area contributed by atoms with Crippen molar-refractivity contribution in [3.63, 3.8) is 0 Å². The summed E-state index contributed by atoms with van der Waals surface area (Å²) >= 11 is 3.09. The zero-order chi connectivity index (χ0) is 8.27. The molecule has 0 aliphatic carbocycles. The molecule has 0 radical (unpaired) electrons. The molecule has 60 valence electrons. The van der Waals surface area contributed by atoms with Gasteiger partial charge < -0.3 is 9.63 Å². The summed E-state index contributed by atoms with van der Waals surface area (Å²) in [6.07, 6.45) is 0.454. The highest BCUT2D eigenvalue weighted by atomic mass is 79.9. The third-order valence-electron chi connectivity index (χ3n) is 1.12. The van der Waals surface area contributed by atoms with Crippen LogP contribution >= 0.6 is 15.9 Å². The molecule has 0 saturated carbocycles. The molecule has 1 rings (SSSR count). The Labute approximate surface area is 71.3 Å². The third kappa shape index (κ3) is 2.71. The van der Waals surface area contributed by atoms with Crippen LogP contribution in [0.25, 0.3) is 0 Å². The standard InChI is InChI=1S/C6H6BrNO3/c7-5-3-4(11-8-5)1-2-6(9)10/h3H,1-2H2,(H,9,10). The molecule has 1 N–H and O–H groups in total. The molecule has 4 nitrogen and oxygen atoms in total. The Morgan fingerprint density at radius 2 is 2.55 bits per heavy atom. The van der Waals surface area contributed by atoms with Crippen LogP contribution in [0.15, 0.2) is 15.2 Å². The Bertz CT molecular complexity index is 258. The van der Waals surface area contributed by atoms with Gasteiger partial charge in [-0.3, -0.25) is 4.79 Å². The molecule has 1 aromatic heterocycles. The molecule has 1 heterocycles. The van der Waals surface area contributed by atoms with Crippen molar-refractivity contribution in [2.45, 2.75) is 12.8 Å². The average Bonchev–Trinajstić information content (AvgIpc) is 2.31. The summed E-state index contributed by atoms with van der Waals surface area (Å²) in [5.41, 5.74) is 0. The van der Waals surface area contributed by atoms with Gasteiger partial charge in [0.2, 0.25) is 0 Å². The number of halogens is 1. The fraction of sp³-hybridized carbons (Fsp3) is 0.333. The fourth-order valence-electron chi connectivity index (χ4n) is 0.636. The summed E-state index contributed by atoms with van der Waals surface area (Å²) in [5, 5.41) is 11.9. The Morgan fingerprint density at radius 1 is 1.82 bits per heavy atom. The SMILES string of the molecule is O=C(O)CCc1cc(Br)no1. The van der Waals surface area contributed by atoms with Gasteiger partial charge >= 0.3 is 5.97 Å². The molecule has 5 heteroatoms. The maximum atomic E-state index is 10.1. The van der Waals surface area contributed by atoms with Crippen LogP contribution in [0.2, 0.25) is 0 Å². The molecule has 0 fully saturated rings. The van der Waals surface area contributed by atoms with Crippen LogP contribution in [0.5, 0.6) is 0 Å². The number of aliphatic carboxylic acids is 1. The Kier molecular flexibility index (Phi) is 2.64. The minimum absolute atomic E-state index is 0.0711. The van der Waals surface area contributed by atoms with Crippen molar-refractivity contribution < 1.29 is 14.4 Å². The summed E-state index contributed by atoms with van der Waals surface area (Å²) in [7, 11) is 0.